The second kappa shape index (κ2) is 3.53. The lowest BCUT2D eigenvalue weighted by molar-refractivity contribution is 0.456. The molecule has 0 saturated carbocycles. The molecule has 3 heteroatoms. The maximum absolute atomic E-state index is 4.54. The van der Waals surface area contributed by atoms with Crippen LogP contribution < -0.4 is 0 Å². The van der Waals surface area contributed by atoms with Crippen LogP contribution in [0.3, 0.4) is 0 Å². The van der Waals surface area contributed by atoms with E-state index in [1.165, 1.54) is 0 Å². The predicted octanol–water partition coefficient (Wildman–Crippen LogP) is -0.439. The zero-order chi connectivity index (χ0) is 3.41. The van der Waals surface area contributed by atoms with Gasteiger partial charge < -0.3 is 4.43 Å². The van der Waals surface area contributed by atoms with Crippen LogP contribution >= 0.6 is 12.1 Å². The van der Waals surface area contributed by atoms with Gasteiger partial charge in [-0.15, -0.1) is 0 Å². The Kier molecular flexibility index (Phi) is 3.99. The van der Waals surface area contributed by atoms with Gasteiger partial charge in [-0.2, -0.15) is 12.1 Å². The SMILES string of the molecule is CO[SiH2]S. The first kappa shape index (κ1) is 4.53. The van der Waals surface area contributed by atoms with E-state index in [0.717, 1.165) is 0 Å². The van der Waals surface area contributed by atoms with E-state index >= 15 is 0 Å². The first-order valence-electron chi connectivity index (χ1n) is 1.01. The molecule has 0 heterocycles. The summed E-state index contributed by atoms with van der Waals surface area (Å²) in [6.07, 6.45) is 0. The molecule has 0 rings (SSSR count). The Hall–Kier alpha value is 0.527. The number of hydrogen-bond acceptors (Lipinski definition) is 2. The van der Waals surface area contributed by atoms with Gasteiger partial charge in [0.1, 0.15) is 0 Å². The van der Waals surface area contributed by atoms with E-state index in [-0.39, 0.29) is 8.91 Å². The Balaban J connectivity index is 1.97. The van der Waals surface area contributed by atoms with Crippen molar-refractivity contribution in [1.82, 2.24) is 0 Å². The predicted molar refractivity (Wildman–Crippen MR) is 24.5 cm³/mol. The Morgan fingerprint density at radius 1 is 2.00 bits per heavy atom. The summed E-state index contributed by atoms with van der Waals surface area (Å²) in [6.45, 7) is 0. The second-order valence-electron chi connectivity index (χ2n) is 0.418. The molecule has 0 atom stereocenters. The third-order valence-corrected chi connectivity index (χ3v) is 1.16. The summed E-state index contributed by atoms with van der Waals surface area (Å²) < 4.78 is 4.54. The van der Waals surface area contributed by atoms with Crippen molar-refractivity contribution in [2.75, 3.05) is 7.11 Å². The molecule has 0 aromatic carbocycles. The highest BCUT2D eigenvalue weighted by molar-refractivity contribution is 8.06. The highest BCUT2D eigenvalue weighted by atomic mass is 32.3. The van der Waals surface area contributed by atoms with Crippen molar-refractivity contribution in [3.8, 4) is 0 Å². The molecule has 0 amide bonds. The zero-order valence-electron chi connectivity index (χ0n) is 2.56. The lowest BCUT2D eigenvalue weighted by Gasteiger charge is -1.74. The van der Waals surface area contributed by atoms with Crippen molar-refractivity contribution < 1.29 is 4.43 Å². The van der Waals surface area contributed by atoms with Gasteiger partial charge in [0, 0.05) is 7.11 Å². The van der Waals surface area contributed by atoms with Gasteiger partial charge in [0.05, 0.1) is 0 Å². The second-order valence-corrected chi connectivity index (χ2v) is 2.03. The quantitative estimate of drug-likeness (QED) is 0.342. The molecule has 0 aliphatic rings. The summed E-state index contributed by atoms with van der Waals surface area (Å²) >= 11 is 3.84. The van der Waals surface area contributed by atoms with Gasteiger partial charge in [-0.25, -0.2) is 0 Å². The molecule has 0 aromatic heterocycles. The molecule has 0 N–H and O–H groups in total. The highest BCUT2D eigenvalue weighted by Gasteiger charge is 1.56. The fourth-order valence-electron chi connectivity index (χ4n) is 0. The molecule has 0 radical (unpaired) electrons. The van der Waals surface area contributed by atoms with Crippen LogP contribution in [0.15, 0.2) is 0 Å². The van der Waals surface area contributed by atoms with Gasteiger partial charge in [0.25, 0.3) is 0 Å². The first-order valence-corrected chi connectivity index (χ1v) is 4.12. The lowest BCUT2D eigenvalue weighted by Crippen LogP contribution is -1.76. The standard InChI is InChI=1S/CH6OSSi/c1-2-4-3/h3H,4H2,1H3. The van der Waals surface area contributed by atoms with E-state index in [2.05, 4.69) is 16.5 Å². The van der Waals surface area contributed by atoms with Crippen LogP contribution in [-0.4, -0.2) is 16.0 Å². The third-order valence-electron chi connectivity index (χ3n) is 0.129. The molecular weight excluding hydrogens is 88.2 g/mol. The van der Waals surface area contributed by atoms with Crippen LogP contribution in [0.5, 0.6) is 0 Å². The molecule has 0 saturated heterocycles. The summed E-state index contributed by atoms with van der Waals surface area (Å²) in [5, 5.41) is 0. The molecule has 0 aliphatic heterocycles. The van der Waals surface area contributed by atoms with Crippen LogP contribution in [-0.2, 0) is 4.43 Å². The van der Waals surface area contributed by atoms with Gasteiger partial charge in [-0.3, -0.25) is 0 Å². The van der Waals surface area contributed by atoms with Crippen molar-refractivity contribution in [2.24, 2.45) is 0 Å². The molecule has 0 aliphatic carbocycles. The smallest absolute Gasteiger partial charge is 0.218 e. The van der Waals surface area contributed by atoms with E-state index in [1.54, 1.807) is 7.11 Å². The molecule has 0 fully saturated rings. The fourth-order valence-corrected chi connectivity index (χ4v) is 0. The highest BCUT2D eigenvalue weighted by Crippen LogP contribution is 1.59. The topological polar surface area (TPSA) is 9.23 Å². The van der Waals surface area contributed by atoms with Gasteiger partial charge in [-0.1, -0.05) is 0 Å². The number of hydrogen-bond donors (Lipinski definition) is 1. The normalized spacial score (nSPS) is 10.5. The van der Waals surface area contributed by atoms with E-state index in [4.69, 9.17) is 0 Å². The van der Waals surface area contributed by atoms with E-state index in [1.807, 2.05) is 0 Å². The average Bonchev–Trinajstić information content (AvgIpc) is 1.37. The summed E-state index contributed by atoms with van der Waals surface area (Å²) in [7, 11) is 1.28. The first-order chi connectivity index (χ1) is 1.91. The van der Waals surface area contributed by atoms with Crippen LogP contribution in [0.4, 0.5) is 0 Å². The van der Waals surface area contributed by atoms with Gasteiger partial charge in [0.2, 0.25) is 8.91 Å². The summed E-state index contributed by atoms with van der Waals surface area (Å²) in [5.74, 6) is 0. The zero-order valence-corrected chi connectivity index (χ0v) is 4.87. The Bertz CT molecular complexity index is 10.0. The molecule has 0 bridgehead atoms. The van der Waals surface area contributed by atoms with Crippen molar-refractivity contribution >= 4 is 21.0 Å². The average molecular weight is 94.2 g/mol. The molecule has 0 spiro atoms. The molecule has 4 heavy (non-hydrogen) atoms. The Morgan fingerprint density at radius 3 is 2.25 bits per heavy atom. The minimum atomic E-state index is -0.381. The molecule has 26 valence electrons. The fraction of sp³-hybridized carbons (Fsp3) is 1.00. The van der Waals surface area contributed by atoms with Crippen molar-refractivity contribution in [1.29, 1.82) is 0 Å². The molecule has 0 aromatic rings. The monoisotopic (exact) mass is 94.0 g/mol. The van der Waals surface area contributed by atoms with Gasteiger partial charge in [0.15, 0.2) is 0 Å². The number of thiol groups is 1. The Morgan fingerprint density at radius 2 is 2.25 bits per heavy atom. The van der Waals surface area contributed by atoms with Crippen LogP contribution in [0.1, 0.15) is 0 Å². The van der Waals surface area contributed by atoms with Gasteiger partial charge in [-0.05, 0) is 0 Å². The molecular formula is CH6OSSi. The van der Waals surface area contributed by atoms with E-state index < -0.39 is 0 Å². The van der Waals surface area contributed by atoms with Crippen LogP contribution in [0, 0.1) is 0 Å². The summed E-state index contributed by atoms with van der Waals surface area (Å²) in [5.41, 5.74) is 0. The number of rotatable bonds is 1. The Labute approximate surface area is 33.3 Å². The summed E-state index contributed by atoms with van der Waals surface area (Å²) in [6, 6.07) is 0. The summed E-state index contributed by atoms with van der Waals surface area (Å²) in [4.78, 5) is 0. The van der Waals surface area contributed by atoms with Crippen LogP contribution in [0.2, 0.25) is 0 Å². The molecule has 1 nitrogen and oxygen atoms in total. The largest absolute Gasteiger partial charge is 0.416 e. The van der Waals surface area contributed by atoms with Crippen molar-refractivity contribution in [3.63, 3.8) is 0 Å². The molecule has 0 unspecified atom stereocenters. The third kappa shape index (κ3) is 2.53. The maximum Gasteiger partial charge on any atom is 0.218 e. The van der Waals surface area contributed by atoms with Crippen molar-refractivity contribution in [3.05, 3.63) is 0 Å². The lowest BCUT2D eigenvalue weighted by atomic mass is 11.8. The minimum absolute atomic E-state index is 0.381. The van der Waals surface area contributed by atoms with E-state index in [9.17, 15) is 0 Å². The minimum Gasteiger partial charge on any atom is -0.416 e. The van der Waals surface area contributed by atoms with Crippen LogP contribution in [0.25, 0.3) is 0 Å². The van der Waals surface area contributed by atoms with Gasteiger partial charge >= 0.3 is 0 Å². The van der Waals surface area contributed by atoms with E-state index in [0.29, 0.717) is 0 Å². The van der Waals surface area contributed by atoms with Crippen molar-refractivity contribution in [2.45, 2.75) is 0 Å². The maximum atomic E-state index is 4.54.